The molecule has 2 heterocycles. The van der Waals surface area contributed by atoms with E-state index in [0.29, 0.717) is 17.4 Å². The molecule has 29 heavy (non-hydrogen) atoms. The number of benzene rings is 1. The van der Waals surface area contributed by atoms with Crippen LogP contribution in [0.15, 0.2) is 17.0 Å². The van der Waals surface area contributed by atoms with Crippen LogP contribution in [0.3, 0.4) is 0 Å². The number of imide groups is 1. The smallest absolute Gasteiger partial charge is 0.293 e. The van der Waals surface area contributed by atoms with Gasteiger partial charge in [-0.05, 0) is 68.5 Å². The third-order valence-corrected chi connectivity index (χ3v) is 6.70. The van der Waals surface area contributed by atoms with Crippen LogP contribution >= 0.6 is 11.8 Å². The van der Waals surface area contributed by atoms with Crippen LogP contribution in [0.25, 0.3) is 6.08 Å². The first-order chi connectivity index (χ1) is 13.7. The highest BCUT2D eigenvalue weighted by atomic mass is 32.2. The van der Waals surface area contributed by atoms with Gasteiger partial charge in [0.2, 0.25) is 0 Å². The maximum atomic E-state index is 12.7. The third-order valence-electron chi connectivity index (χ3n) is 5.79. The van der Waals surface area contributed by atoms with Crippen LogP contribution < -0.4 is 9.64 Å². The number of ether oxygens (including phenoxy) is 1. The number of carbonyl (C=O) groups excluding carboxylic acids is 2. The number of thioether (sulfide) groups is 1. The molecule has 0 N–H and O–H groups in total. The van der Waals surface area contributed by atoms with Gasteiger partial charge in [-0.25, -0.2) is 0 Å². The summed E-state index contributed by atoms with van der Waals surface area (Å²) >= 11 is 1.01. The number of anilines is 1. The Hall–Kier alpha value is -1.95. The summed E-state index contributed by atoms with van der Waals surface area (Å²) in [5, 5.41) is -0.190. The number of amides is 2. The first-order valence-electron chi connectivity index (χ1n) is 10.5. The van der Waals surface area contributed by atoms with Crippen LogP contribution in [0, 0.1) is 0 Å². The van der Waals surface area contributed by atoms with Crippen LogP contribution in [-0.2, 0) is 4.79 Å². The zero-order valence-electron chi connectivity index (χ0n) is 18.4. The van der Waals surface area contributed by atoms with E-state index < -0.39 is 0 Å². The zero-order chi connectivity index (χ0) is 21.3. The summed E-state index contributed by atoms with van der Waals surface area (Å²) in [4.78, 5) is 29.1. The van der Waals surface area contributed by atoms with Gasteiger partial charge in [0.1, 0.15) is 5.75 Å². The number of rotatable bonds is 6. The molecule has 0 radical (unpaired) electrons. The van der Waals surface area contributed by atoms with Crippen LogP contribution in [0.2, 0.25) is 0 Å². The van der Waals surface area contributed by atoms with Gasteiger partial charge < -0.3 is 9.64 Å². The Balaban J connectivity index is 2.06. The zero-order valence-corrected chi connectivity index (χ0v) is 19.2. The van der Waals surface area contributed by atoms with Gasteiger partial charge in [0.25, 0.3) is 11.1 Å². The van der Waals surface area contributed by atoms with Crippen molar-refractivity contribution in [3.8, 4) is 5.75 Å². The van der Waals surface area contributed by atoms with E-state index >= 15 is 0 Å². The molecule has 2 aliphatic rings. The number of hydrogen-bond donors (Lipinski definition) is 0. The molecular weight excluding hydrogens is 384 g/mol. The topological polar surface area (TPSA) is 49.9 Å². The maximum absolute atomic E-state index is 12.7. The predicted octanol–water partition coefficient (Wildman–Crippen LogP) is 5.64. The van der Waals surface area contributed by atoms with Crippen molar-refractivity contribution in [2.75, 3.05) is 25.1 Å². The molecule has 6 heteroatoms. The number of hydrogen-bond acceptors (Lipinski definition) is 5. The van der Waals surface area contributed by atoms with E-state index in [0.717, 1.165) is 48.9 Å². The minimum atomic E-state index is -0.205. The van der Waals surface area contributed by atoms with Crippen molar-refractivity contribution in [2.45, 2.75) is 65.3 Å². The van der Waals surface area contributed by atoms with Crippen molar-refractivity contribution < 1.29 is 14.3 Å². The summed E-state index contributed by atoms with van der Waals surface area (Å²) in [7, 11) is 1.66. The first kappa shape index (κ1) is 21.8. The lowest BCUT2D eigenvalue weighted by atomic mass is 9.79. The summed E-state index contributed by atoms with van der Waals surface area (Å²) in [5.41, 5.74) is 3.43. The lowest BCUT2D eigenvalue weighted by Crippen LogP contribution is -2.48. The molecule has 1 atom stereocenters. The van der Waals surface area contributed by atoms with Gasteiger partial charge in [-0.2, -0.15) is 0 Å². The normalized spacial score (nSPS) is 22.4. The highest BCUT2D eigenvalue weighted by molar-refractivity contribution is 8.18. The van der Waals surface area contributed by atoms with E-state index in [4.69, 9.17) is 4.74 Å². The van der Waals surface area contributed by atoms with E-state index in [1.54, 1.807) is 7.11 Å². The number of fused-ring (bicyclic) bond motifs is 1. The molecule has 0 aromatic heterocycles. The van der Waals surface area contributed by atoms with E-state index in [2.05, 4.69) is 44.7 Å². The first-order valence-corrected chi connectivity index (χ1v) is 11.3. The van der Waals surface area contributed by atoms with Gasteiger partial charge in [-0.1, -0.05) is 20.8 Å². The van der Waals surface area contributed by atoms with Gasteiger partial charge in [0.05, 0.1) is 12.0 Å². The minimum absolute atomic E-state index is 0.0811. The van der Waals surface area contributed by atoms with Crippen molar-refractivity contribution in [3.05, 3.63) is 28.2 Å². The second-order valence-corrected chi connectivity index (χ2v) is 9.55. The highest BCUT2D eigenvalue weighted by Crippen LogP contribution is 2.46. The molecule has 0 spiro atoms. The van der Waals surface area contributed by atoms with E-state index in [-0.39, 0.29) is 16.7 Å². The van der Waals surface area contributed by atoms with Crippen LogP contribution in [0.5, 0.6) is 5.75 Å². The quantitative estimate of drug-likeness (QED) is 0.561. The fraction of sp³-hybridized carbons (Fsp3) is 0.565. The van der Waals surface area contributed by atoms with Crippen LogP contribution in [-0.4, -0.2) is 41.8 Å². The maximum Gasteiger partial charge on any atom is 0.293 e. The molecule has 1 aromatic rings. The standard InChI is InChI=1S/C23H32N2O3S/c1-7-9-24-21(26)20(29-22(24)27)12-16-11-17-15(3)14-23(4,5)25(10-8-2)18(17)13-19(16)28-6/h11-13,15H,7-10,14H2,1-6H3/b20-12+. The predicted molar refractivity (Wildman–Crippen MR) is 121 cm³/mol. The van der Waals surface area contributed by atoms with Gasteiger partial charge in [0, 0.05) is 35.9 Å². The molecule has 2 amide bonds. The molecule has 1 fully saturated rings. The Morgan fingerprint density at radius 2 is 1.90 bits per heavy atom. The van der Waals surface area contributed by atoms with Crippen LogP contribution in [0.4, 0.5) is 10.5 Å². The van der Waals surface area contributed by atoms with Crippen molar-refractivity contribution in [2.24, 2.45) is 0 Å². The minimum Gasteiger partial charge on any atom is -0.496 e. The Kier molecular flexibility index (Phi) is 6.32. The molecule has 158 valence electrons. The third kappa shape index (κ3) is 4.04. The molecule has 0 bridgehead atoms. The Morgan fingerprint density at radius 3 is 2.52 bits per heavy atom. The Bertz CT molecular complexity index is 847. The SMILES string of the molecule is CCCN1C(=O)S/C(=C/c2cc3c(cc2OC)N(CCC)C(C)(C)CC3C)C1=O. The average Bonchev–Trinajstić information content (AvgIpc) is 2.92. The van der Waals surface area contributed by atoms with E-state index in [9.17, 15) is 9.59 Å². The summed E-state index contributed by atoms with van der Waals surface area (Å²) in [5.74, 6) is 0.932. The highest BCUT2D eigenvalue weighted by Gasteiger charge is 2.37. The van der Waals surface area contributed by atoms with Crippen molar-refractivity contribution in [1.29, 1.82) is 0 Å². The molecule has 5 nitrogen and oxygen atoms in total. The van der Waals surface area contributed by atoms with Gasteiger partial charge in [-0.15, -0.1) is 0 Å². The summed E-state index contributed by atoms with van der Waals surface area (Å²) in [6.45, 7) is 12.5. The van der Waals surface area contributed by atoms with Crippen molar-refractivity contribution in [1.82, 2.24) is 4.90 Å². The fourth-order valence-electron chi connectivity index (χ4n) is 4.52. The van der Waals surface area contributed by atoms with E-state index in [1.807, 2.05) is 13.0 Å². The molecule has 0 saturated carbocycles. The molecule has 2 aliphatic heterocycles. The molecule has 3 rings (SSSR count). The number of nitrogens with zero attached hydrogens (tertiary/aromatic N) is 2. The second-order valence-electron chi connectivity index (χ2n) is 8.56. The Labute approximate surface area is 178 Å². The largest absolute Gasteiger partial charge is 0.496 e. The number of carbonyl (C=O) groups is 2. The average molecular weight is 417 g/mol. The summed E-state index contributed by atoms with van der Waals surface area (Å²) in [6.07, 6.45) is 4.72. The van der Waals surface area contributed by atoms with Gasteiger partial charge >= 0.3 is 0 Å². The Morgan fingerprint density at radius 1 is 1.21 bits per heavy atom. The summed E-state index contributed by atoms with van der Waals surface area (Å²) < 4.78 is 5.70. The molecule has 1 saturated heterocycles. The summed E-state index contributed by atoms with van der Waals surface area (Å²) in [6, 6.07) is 4.25. The van der Waals surface area contributed by atoms with Gasteiger partial charge in [0.15, 0.2) is 0 Å². The van der Waals surface area contributed by atoms with Gasteiger partial charge in [-0.3, -0.25) is 14.5 Å². The second kappa shape index (κ2) is 8.42. The lowest BCUT2D eigenvalue weighted by molar-refractivity contribution is -0.122. The monoisotopic (exact) mass is 416 g/mol. The van der Waals surface area contributed by atoms with Crippen molar-refractivity contribution >= 4 is 34.7 Å². The van der Waals surface area contributed by atoms with Crippen LogP contribution in [0.1, 0.15) is 70.9 Å². The molecule has 0 aliphatic carbocycles. The molecule has 1 aromatic carbocycles. The van der Waals surface area contributed by atoms with Crippen molar-refractivity contribution in [3.63, 3.8) is 0 Å². The fourth-order valence-corrected chi connectivity index (χ4v) is 5.38. The molecular formula is C23H32N2O3S. The molecule has 1 unspecified atom stereocenters. The lowest BCUT2D eigenvalue weighted by Gasteiger charge is -2.47. The number of methoxy groups -OCH3 is 1. The van der Waals surface area contributed by atoms with E-state index in [1.165, 1.54) is 16.2 Å².